The summed E-state index contributed by atoms with van der Waals surface area (Å²) in [4.78, 5) is 44.7. The summed E-state index contributed by atoms with van der Waals surface area (Å²) >= 11 is 0. The van der Waals surface area contributed by atoms with E-state index in [4.69, 9.17) is 9.52 Å². The molecule has 1 unspecified atom stereocenters. The van der Waals surface area contributed by atoms with Crippen LogP contribution in [0.4, 0.5) is 0 Å². The Bertz CT molecular complexity index is 506. The molecular weight excluding hydrogens is 270 g/mol. The lowest BCUT2D eigenvalue weighted by Gasteiger charge is -2.15. The number of amides is 1. The maximum Gasteiger partial charge on any atom is 0.305 e. The summed E-state index contributed by atoms with van der Waals surface area (Å²) in [5.41, 5.74) is 0.153. The Balaban J connectivity index is 2.68. The predicted octanol–water partition coefficient (Wildman–Crippen LogP) is -0.0151. The fourth-order valence-electron chi connectivity index (χ4n) is 1.33. The van der Waals surface area contributed by atoms with Gasteiger partial charge in [-0.3, -0.25) is 19.2 Å². The number of hydrogen-bond acceptors (Lipinski definition) is 6. The summed E-state index contributed by atoms with van der Waals surface area (Å²) < 4.78 is 9.19. The number of ketones is 1. The molecule has 8 heteroatoms. The molecule has 1 aromatic heterocycles. The van der Waals surface area contributed by atoms with Crippen molar-refractivity contribution >= 4 is 23.6 Å². The Morgan fingerprint density at radius 1 is 1.40 bits per heavy atom. The van der Waals surface area contributed by atoms with Crippen molar-refractivity contribution in [1.29, 1.82) is 0 Å². The van der Waals surface area contributed by atoms with Crippen molar-refractivity contribution in [3.63, 3.8) is 0 Å². The molecule has 0 aliphatic rings. The highest BCUT2D eigenvalue weighted by atomic mass is 16.5. The molecule has 20 heavy (non-hydrogen) atoms. The third-order valence-corrected chi connectivity index (χ3v) is 2.27. The van der Waals surface area contributed by atoms with Crippen LogP contribution in [-0.4, -0.2) is 41.4 Å². The zero-order valence-corrected chi connectivity index (χ0v) is 10.6. The zero-order valence-electron chi connectivity index (χ0n) is 10.6. The van der Waals surface area contributed by atoms with Gasteiger partial charge in [0.2, 0.25) is 0 Å². The van der Waals surface area contributed by atoms with Crippen LogP contribution in [0.2, 0.25) is 0 Å². The summed E-state index contributed by atoms with van der Waals surface area (Å²) in [7, 11) is 0. The third-order valence-electron chi connectivity index (χ3n) is 2.27. The van der Waals surface area contributed by atoms with Gasteiger partial charge in [0.05, 0.1) is 18.2 Å². The molecule has 0 saturated carbocycles. The van der Waals surface area contributed by atoms with Crippen molar-refractivity contribution in [2.45, 2.75) is 19.4 Å². The number of Topliss-reactive ketones (excluding diaryl/α,β-unsaturated/α-hetero) is 1. The summed E-state index contributed by atoms with van der Waals surface area (Å²) in [6, 6.07) is 0.0817. The Kier molecular flexibility index (Phi) is 5.45. The first-order valence-electron chi connectivity index (χ1n) is 5.61. The van der Waals surface area contributed by atoms with Crippen molar-refractivity contribution in [2.24, 2.45) is 0 Å². The topological polar surface area (TPSA) is 123 Å². The Labute approximate surface area is 113 Å². The van der Waals surface area contributed by atoms with E-state index in [9.17, 15) is 19.2 Å². The van der Waals surface area contributed by atoms with E-state index in [2.05, 4.69) is 10.1 Å². The highest BCUT2D eigenvalue weighted by Crippen LogP contribution is 2.03. The number of rotatable bonds is 7. The van der Waals surface area contributed by atoms with Gasteiger partial charge in [0.25, 0.3) is 5.91 Å². The van der Waals surface area contributed by atoms with Gasteiger partial charge in [0.1, 0.15) is 12.3 Å². The number of carbonyl (C=O) groups excluding carboxylic acids is 3. The molecule has 108 valence electrons. The number of esters is 1. The Morgan fingerprint density at radius 2 is 2.10 bits per heavy atom. The van der Waals surface area contributed by atoms with Crippen LogP contribution in [0.5, 0.6) is 0 Å². The van der Waals surface area contributed by atoms with Gasteiger partial charge < -0.3 is 19.6 Å². The second-order valence-corrected chi connectivity index (χ2v) is 3.88. The zero-order chi connectivity index (χ0) is 15.1. The standard InChI is InChI=1S/C12H13NO7/c1-7(14)20-6-10(15)9(4-11(16)17)13-12(18)8-2-3-19-5-8/h2-3,5,9H,4,6H2,1H3,(H,13,18)(H,16,17). The largest absolute Gasteiger partial charge is 0.481 e. The molecule has 1 amide bonds. The second-order valence-electron chi connectivity index (χ2n) is 3.88. The second kappa shape index (κ2) is 7.07. The Hall–Kier alpha value is -2.64. The molecule has 0 spiro atoms. The minimum absolute atomic E-state index is 0.153. The number of carboxylic acids is 1. The minimum atomic E-state index is -1.28. The van der Waals surface area contributed by atoms with Gasteiger partial charge in [-0.15, -0.1) is 0 Å². The molecule has 1 rings (SSSR count). The van der Waals surface area contributed by atoms with Crippen LogP contribution < -0.4 is 5.32 Å². The summed E-state index contributed by atoms with van der Waals surface area (Å²) in [5.74, 6) is -3.30. The van der Waals surface area contributed by atoms with Crippen LogP contribution in [-0.2, 0) is 19.1 Å². The van der Waals surface area contributed by atoms with Gasteiger partial charge in [-0.1, -0.05) is 0 Å². The number of aliphatic carboxylic acids is 1. The van der Waals surface area contributed by atoms with Crippen molar-refractivity contribution in [3.8, 4) is 0 Å². The van der Waals surface area contributed by atoms with E-state index in [1.165, 1.54) is 12.3 Å². The quantitative estimate of drug-likeness (QED) is 0.674. The monoisotopic (exact) mass is 283 g/mol. The average Bonchev–Trinajstić information content (AvgIpc) is 2.88. The third kappa shape index (κ3) is 4.92. The first kappa shape index (κ1) is 15.4. The lowest BCUT2D eigenvalue weighted by molar-refractivity contribution is -0.147. The van der Waals surface area contributed by atoms with Crippen LogP contribution in [0.3, 0.4) is 0 Å². The molecule has 2 N–H and O–H groups in total. The van der Waals surface area contributed by atoms with Crippen LogP contribution in [0.25, 0.3) is 0 Å². The average molecular weight is 283 g/mol. The van der Waals surface area contributed by atoms with Crippen molar-refractivity contribution in [1.82, 2.24) is 5.32 Å². The lowest BCUT2D eigenvalue weighted by atomic mass is 10.1. The SMILES string of the molecule is CC(=O)OCC(=O)C(CC(=O)O)NC(=O)c1ccoc1. The van der Waals surface area contributed by atoms with E-state index in [1.807, 2.05) is 0 Å². The van der Waals surface area contributed by atoms with E-state index in [1.54, 1.807) is 0 Å². The highest BCUT2D eigenvalue weighted by Gasteiger charge is 2.25. The minimum Gasteiger partial charge on any atom is -0.481 e. The van der Waals surface area contributed by atoms with Crippen molar-refractivity contribution in [3.05, 3.63) is 24.2 Å². The normalized spacial score (nSPS) is 11.4. The van der Waals surface area contributed by atoms with Gasteiger partial charge in [-0.25, -0.2) is 0 Å². The number of nitrogens with one attached hydrogen (secondary N) is 1. The number of carboxylic acid groups (broad SMARTS) is 1. The van der Waals surface area contributed by atoms with Gasteiger partial charge in [-0.2, -0.15) is 0 Å². The number of carbonyl (C=O) groups is 4. The molecule has 1 aromatic rings. The summed E-state index contributed by atoms with van der Waals surface area (Å²) in [6.45, 7) is 0.516. The maximum atomic E-state index is 11.7. The predicted molar refractivity (Wildman–Crippen MR) is 63.9 cm³/mol. The van der Waals surface area contributed by atoms with Crippen LogP contribution in [0, 0.1) is 0 Å². The van der Waals surface area contributed by atoms with Gasteiger partial charge in [0, 0.05) is 6.92 Å². The molecule has 1 heterocycles. The van der Waals surface area contributed by atoms with E-state index < -0.39 is 42.7 Å². The van der Waals surface area contributed by atoms with Crippen molar-refractivity contribution in [2.75, 3.05) is 6.61 Å². The van der Waals surface area contributed by atoms with Gasteiger partial charge in [-0.05, 0) is 6.07 Å². The molecule has 0 aliphatic carbocycles. The fraction of sp³-hybridized carbons (Fsp3) is 0.333. The highest BCUT2D eigenvalue weighted by molar-refractivity contribution is 5.99. The molecule has 0 radical (unpaired) electrons. The first-order chi connectivity index (χ1) is 9.40. The van der Waals surface area contributed by atoms with Crippen molar-refractivity contribution < 1.29 is 33.4 Å². The first-order valence-corrected chi connectivity index (χ1v) is 5.61. The number of furan rings is 1. The van der Waals surface area contributed by atoms with Gasteiger partial charge >= 0.3 is 11.9 Å². The molecular formula is C12H13NO7. The van der Waals surface area contributed by atoms with Crippen LogP contribution >= 0.6 is 0 Å². The van der Waals surface area contributed by atoms with Gasteiger partial charge in [0.15, 0.2) is 12.4 Å². The van der Waals surface area contributed by atoms with Crippen LogP contribution in [0.15, 0.2) is 23.0 Å². The van der Waals surface area contributed by atoms with Crippen LogP contribution in [0.1, 0.15) is 23.7 Å². The van der Waals surface area contributed by atoms with E-state index in [-0.39, 0.29) is 5.56 Å². The molecule has 0 aromatic carbocycles. The summed E-state index contributed by atoms with van der Waals surface area (Å²) in [5, 5.41) is 11.0. The smallest absolute Gasteiger partial charge is 0.305 e. The molecule has 8 nitrogen and oxygen atoms in total. The summed E-state index contributed by atoms with van der Waals surface area (Å²) in [6.07, 6.45) is 1.81. The number of hydrogen-bond donors (Lipinski definition) is 2. The Morgan fingerprint density at radius 3 is 2.60 bits per heavy atom. The van der Waals surface area contributed by atoms with E-state index in [0.717, 1.165) is 13.2 Å². The molecule has 0 aliphatic heterocycles. The van der Waals surface area contributed by atoms with E-state index in [0.29, 0.717) is 0 Å². The fourth-order valence-corrected chi connectivity index (χ4v) is 1.33. The number of ether oxygens (including phenoxy) is 1. The maximum absolute atomic E-state index is 11.7. The van der Waals surface area contributed by atoms with E-state index >= 15 is 0 Å². The molecule has 1 atom stereocenters. The molecule has 0 bridgehead atoms. The lowest BCUT2D eigenvalue weighted by Crippen LogP contribution is -2.44. The molecule has 0 saturated heterocycles. The molecule has 0 fully saturated rings.